The van der Waals surface area contributed by atoms with Gasteiger partial charge in [-0.05, 0) is 61.8 Å². The molecule has 1 amide bonds. The molecule has 0 unspecified atom stereocenters. The van der Waals surface area contributed by atoms with Gasteiger partial charge >= 0.3 is 5.97 Å². The lowest BCUT2D eigenvalue weighted by Gasteiger charge is -2.07. The first-order valence-electron chi connectivity index (χ1n) is 11.2. The van der Waals surface area contributed by atoms with Gasteiger partial charge in [0.25, 0.3) is 0 Å². The van der Waals surface area contributed by atoms with Crippen LogP contribution >= 0.6 is 0 Å². The average molecular weight is 431 g/mol. The summed E-state index contributed by atoms with van der Waals surface area (Å²) in [5.74, 6) is 0.517. The smallest absolute Gasteiger partial charge is 0.311 e. The summed E-state index contributed by atoms with van der Waals surface area (Å²) in [6.07, 6.45) is 7.71. The maximum atomic E-state index is 12.1. The minimum absolute atomic E-state index is 0.0614. The predicted molar refractivity (Wildman–Crippen MR) is 126 cm³/mol. The van der Waals surface area contributed by atoms with E-state index in [1.807, 2.05) is 36.4 Å². The minimum atomic E-state index is -0.268. The molecule has 0 fully saturated rings. The third kappa shape index (κ3) is 8.72. The van der Waals surface area contributed by atoms with Crippen LogP contribution in [0, 0.1) is 0 Å². The quantitative estimate of drug-likeness (QED) is 0.293. The number of carbonyl (C=O) groups is 2. The van der Waals surface area contributed by atoms with Crippen molar-refractivity contribution in [2.24, 2.45) is 0 Å². The lowest BCUT2D eigenvalue weighted by molar-refractivity contribution is -0.134. The number of hydrogen-bond acceptors (Lipinski definition) is 4. The molecule has 0 aliphatic carbocycles. The molecular weight excluding hydrogens is 400 g/mol. The van der Waals surface area contributed by atoms with Crippen LogP contribution in [-0.2, 0) is 22.4 Å². The van der Waals surface area contributed by atoms with Crippen LogP contribution in [0.15, 0.2) is 79.0 Å². The Kier molecular flexibility index (Phi) is 9.46. The Balaban J connectivity index is 1.29. The summed E-state index contributed by atoms with van der Waals surface area (Å²) in [6, 6.07) is 23.8. The van der Waals surface area contributed by atoms with Gasteiger partial charge in [-0.25, -0.2) is 4.98 Å². The molecule has 0 radical (unpaired) electrons. The maximum Gasteiger partial charge on any atom is 0.311 e. The van der Waals surface area contributed by atoms with Crippen molar-refractivity contribution < 1.29 is 14.3 Å². The van der Waals surface area contributed by atoms with Gasteiger partial charge in [-0.1, -0.05) is 60.7 Å². The molecule has 0 aliphatic rings. The Morgan fingerprint density at radius 3 is 1.88 bits per heavy atom. The molecule has 3 aromatic rings. The normalized spacial score (nSPS) is 10.5. The van der Waals surface area contributed by atoms with E-state index in [9.17, 15) is 9.59 Å². The monoisotopic (exact) mass is 430 g/mol. The van der Waals surface area contributed by atoms with Crippen molar-refractivity contribution in [3.63, 3.8) is 0 Å². The second kappa shape index (κ2) is 13.1. The number of benzene rings is 2. The van der Waals surface area contributed by atoms with Crippen molar-refractivity contribution in [3.05, 3.63) is 90.1 Å². The summed E-state index contributed by atoms with van der Waals surface area (Å²) in [7, 11) is 0. The Hall–Kier alpha value is -3.47. The third-order valence-electron chi connectivity index (χ3n) is 5.14. The highest BCUT2D eigenvalue weighted by atomic mass is 16.5. The molecule has 0 saturated heterocycles. The molecule has 2 aromatic carbocycles. The van der Waals surface area contributed by atoms with Crippen molar-refractivity contribution in [1.29, 1.82) is 0 Å². The number of anilines is 1. The summed E-state index contributed by atoms with van der Waals surface area (Å²) in [6.45, 7) is 0. The van der Waals surface area contributed by atoms with Crippen LogP contribution in [0.1, 0.15) is 49.7 Å². The molecule has 5 nitrogen and oxygen atoms in total. The molecule has 32 heavy (non-hydrogen) atoms. The first-order valence-corrected chi connectivity index (χ1v) is 11.2. The third-order valence-corrected chi connectivity index (χ3v) is 5.14. The summed E-state index contributed by atoms with van der Waals surface area (Å²) in [5.41, 5.74) is 2.56. The van der Waals surface area contributed by atoms with Crippen LogP contribution < -0.4 is 10.1 Å². The summed E-state index contributed by atoms with van der Waals surface area (Å²) >= 11 is 0. The van der Waals surface area contributed by atoms with Gasteiger partial charge < -0.3 is 10.1 Å². The van der Waals surface area contributed by atoms with Gasteiger partial charge in [0.2, 0.25) is 5.91 Å². The molecular formula is C27H30N2O3. The van der Waals surface area contributed by atoms with Gasteiger partial charge in [-0.2, -0.15) is 0 Å². The number of hydrogen-bond donors (Lipinski definition) is 1. The number of ether oxygens (including phenoxy) is 1. The van der Waals surface area contributed by atoms with E-state index in [1.165, 1.54) is 17.3 Å². The zero-order valence-electron chi connectivity index (χ0n) is 18.3. The largest absolute Gasteiger partial charge is 0.425 e. The van der Waals surface area contributed by atoms with E-state index in [-0.39, 0.29) is 11.9 Å². The van der Waals surface area contributed by atoms with Gasteiger partial charge in [-0.3, -0.25) is 9.59 Å². The molecule has 166 valence electrons. The number of pyridine rings is 1. The van der Waals surface area contributed by atoms with E-state index < -0.39 is 0 Å². The van der Waals surface area contributed by atoms with Crippen LogP contribution in [0.25, 0.3) is 0 Å². The number of rotatable bonds is 12. The maximum absolute atomic E-state index is 12.1. The molecule has 1 heterocycles. The van der Waals surface area contributed by atoms with Crippen molar-refractivity contribution >= 4 is 17.7 Å². The molecule has 0 atom stereocenters. The van der Waals surface area contributed by atoms with E-state index >= 15 is 0 Å². The van der Waals surface area contributed by atoms with E-state index in [0.29, 0.717) is 24.4 Å². The Morgan fingerprint density at radius 2 is 1.31 bits per heavy atom. The number of aryl methyl sites for hydroxylation is 2. The highest BCUT2D eigenvalue weighted by Gasteiger charge is 2.07. The van der Waals surface area contributed by atoms with Crippen LogP contribution in [0.4, 0.5) is 5.82 Å². The van der Waals surface area contributed by atoms with E-state index in [2.05, 4.69) is 34.6 Å². The van der Waals surface area contributed by atoms with E-state index in [0.717, 1.165) is 38.5 Å². The van der Waals surface area contributed by atoms with Gasteiger partial charge in [0, 0.05) is 12.8 Å². The van der Waals surface area contributed by atoms with Gasteiger partial charge in [0.15, 0.2) is 0 Å². The van der Waals surface area contributed by atoms with Crippen LogP contribution in [0.5, 0.6) is 5.75 Å². The van der Waals surface area contributed by atoms with E-state index in [1.54, 1.807) is 12.1 Å². The summed E-state index contributed by atoms with van der Waals surface area (Å²) in [5, 5.41) is 2.79. The van der Waals surface area contributed by atoms with Gasteiger partial charge in [-0.15, -0.1) is 0 Å². The minimum Gasteiger partial charge on any atom is -0.425 e. The van der Waals surface area contributed by atoms with Crippen molar-refractivity contribution in [2.75, 3.05) is 5.32 Å². The van der Waals surface area contributed by atoms with Crippen molar-refractivity contribution in [2.45, 2.75) is 51.4 Å². The fourth-order valence-corrected chi connectivity index (χ4v) is 3.40. The Morgan fingerprint density at radius 1 is 0.719 bits per heavy atom. The molecule has 1 aromatic heterocycles. The summed E-state index contributed by atoms with van der Waals surface area (Å²) < 4.78 is 5.33. The zero-order chi connectivity index (χ0) is 22.4. The lowest BCUT2D eigenvalue weighted by atomic mass is 10.1. The number of aromatic nitrogens is 1. The first-order chi connectivity index (χ1) is 15.7. The van der Waals surface area contributed by atoms with Crippen LogP contribution in [0.2, 0.25) is 0 Å². The van der Waals surface area contributed by atoms with Gasteiger partial charge in [0.05, 0.1) is 6.20 Å². The Bertz CT molecular complexity index is 877. The molecule has 1 N–H and O–H groups in total. The number of nitrogens with one attached hydrogen (secondary N) is 1. The highest BCUT2D eigenvalue weighted by molar-refractivity contribution is 5.89. The Labute approximate surface area is 189 Å². The second-order valence-corrected chi connectivity index (χ2v) is 7.79. The number of nitrogens with zero attached hydrogens (tertiary/aromatic N) is 1. The lowest BCUT2D eigenvalue weighted by Crippen LogP contribution is -2.12. The number of esters is 1. The molecule has 0 aliphatic heterocycles. The fraction of sp³-hybridized carbons (Fsp3) is 0.296. The van der Waals surface area contributed by atoms with Crippen molar-refractivity contribution in [3.8, 4) is 5.75 Å². The standard InChI is InChI=1S/C27H30N2O3/c30-26(17-9-7-15-22-11-3-1-4-12-22)29-25-20-19-24(21-28-25)32-27(31)18-10-8-16-23-13-5-2-6-14-23/h1-6,11-14,19-21H,7-10,15-18H2,(H,28,29,30). The molecule has 0 bridgehead atoms. The van der Waals surface area contributed by atoms with Crippen LogP contribution in [0.3, 0.4) is 0 Å². The van der Waals surface area contributed by atoms with Crippen LogP contribution in [-0.4, -0.2) is 16.9 Å². The topological polar surface area (TPSA) is 68.3 Å². The zero-order valence-corrected chi connectivity index (χ0v) is 18.3. The number of carbonyl (C=O) groups excluding carboxylic acids is 2. The SMILES string of the molecule is O=C(CCCCc1ccccc1)Nc1ccc(OC(=O)CCCCc2ccccc2)cn1. The molecule has 0 saturated carbocycles. The van der Waals surface area contributed by atoms with E-state index in [4.69, 9.17) is 4.74 Å². The average Bonchev–Trinajstić information content (AvgIpc) is 2.82. The summed E-state index contributed by atoms with van der Waals surface area (Å²) in [4.78, 5) is 28.3. The highest BCUT2D eigenvalue weighted by Crippen LogP contribution is 2.15. The molecule has 0 spiro atoms. The first kappa shape index (κ1) is 23.2. The van der Waals surface area contributed by atoms with Crippen molar-refractivity contribution in [1.82, 2.24) is 4.98 Å². The number of amides is 1. The predicted octanol–water partition coefficient (Wildman–Crippen LogP) is 5.75. The van der Waals surface area contributed by atoms with Gasteiger partial charge in [0.1, 0.15) is 11.6 Å². The molecule has 5 heteroatoms. The number of unbranched alkanes of at least 4 members (excludes halogenated alkanes) is 2. The fourth-order valence-electron chi connectivity index (χ4n) is 3.40. The second-order valence-electron chi connectivity index (χ2n) is 7.79. The molecule has 3 rings (SSSR count).